The number of aromatic amines is 1. The normalized spacial score (nSPS) is 11.6. The molecular formula is C19H16F3N3O4. The molecular weight excluding hydrogens is 391 g/mol. The Balaban J connectivity index is 1.78. The summed E-state index contributed by atoms with van der Waals surface area (Å²) in [6.07, 6.45) is -4.43. The Morgan fingerprint density at radius 2 is 1.83 bits per heavy atom. The van der Waals surface area contributed by atoms with Crippen molar-refractivity contribution in [1.82, 2.24) is 14.8 Å². The van der Waals surface area contributed by atoms with E-state index in [0.29, 0.717) is 0 Å². The molecule has 3 aromatic rings. The first-order chi connectivity index (χ1) is 13.6. The van der Waals surface area contributed by atoms with Gasteiger partial charge in [-0.15, -0.1) is 0 Å². The minimum Gasteiger partial charge on any atom is -0.452 e. The van der Waals surface area contributed by atoms with Crippen LogP contribution in [0.15, 0.2) is 35.1 Å². The molecule has 0 saturated heterocycles. The Morgan fingerprint density at radius 3 is 2.48 bits per heavy atom. The predicted octanol–water partition coefficient (Wildman–Crippen LogP) is 2.94. The number of H-pyrrole nitrogens is 1. The van der Waals surface area contributed by atoms with Crippen LogP contribution in [0.1, 0.15) is 32.2 Å². The lowest BCUT2D eigenvalue weighted by molar-refractivity contribution is -0.141. The van der Waals surface area contributed by atoms with E-state index in [0.717, 1.165) is 4.57 Å². The topological polar surface area (TPSA) is 94.1 Å². The first-order valence-corrected chi connectivity index (χ1v) is 8.49. The highest BCUT2D eigenvalue weighted by Gasteiger charge is 2.30. The number of fused-ring (bicyclic) bond motifs is 1. The van der Waals surface area contributed by atoms with Gasteiger partial charge < -0.3 is 9.30 Å². The summed E-state index contributed by atoms with van der Waals surface area (Å²) in [4.78, 5) is 36.5. The summed E-state index contributed by atoms with van der Waals surface area (Å²) in [7, 11) is 0. The van der Waals surface area contributed by atoms with Gasteiger partial charge in [-0.25, -0.2) is 9.89 Å². The van der Waals surface area contributed by atoms with E-state index in [1.165, 1.54) is 32.0 Å². The van der Waals surface area contributed by atoms with Crippen molar-refractivity contribution in [1.29, 1.82) is 0 Å². The molecule has 0 atom stereocenters. The zero-order chi connectivity index (χ0) is 21.3. The molecule has 3 rings (SSSR count). The van der Waals surface area contributed by atoms with Crippen LogP contribution in [-0.2, 0) is 11.3 Å². The second kappa shape index (κ2) is 7.53. The van der Waals surface area contributed by atoms with E-state index in [9.17, 15) is 27.6 Å². The van der Waals surface area contributed by atoms with Crippen LogP contribution in [0.25, 0.3) is 10.8 Å². The molecule has 7 nitrogen and oxygen atoms in total. The summed E-state index contributed by atoms with van der Waals surface area (Å²) >= 11 is 0. The number of hydrogen-bond acceptors (Lipinski definition) is 5. The highest BCUT2D eigenvalue weighted by atomic mass is 19.4. The fourth-order valence-corrected chi connectivity index (χ4v) is 3.05. The number of nitrogens with zero attached hydrogens (tertiary/aromatic N) is 2. The monoisotopic (exact) mass is 407 g/mol. The van der Waals surface area contributed by atoms with Gasteiger partial charge in [0, 0.05) is 22.3 Å². The number of ketones is 1. The van der Waals surface area contributed by atoms with Crippen LogP contribution in [0.4, 0.5) is 13.2 Å². The zero-order valence-corrected chi connectivity index (χ0v) is 15.5. The van der Waals surface area contributed by atoms with Gasteiger partial charge >= 0.3 is 12.1 Å². The molecule has 152 valence electrons. The first kappa shape index (κ1) is 20.3. The van der Waals surface area contributed by atoms with E-state index in [2.05, 4.69) is 10.2 Å². The second-order valence-corrected chi connectivity index (χ2v) is 6.43. The number of aryl methyl sites for hydroxylation is 1. The summed E-state index contributed by atoms with van der Waals surface area (Å²) < 4.78 is 44.1. The van der Waals surface area contributed by atoms with Gasteiger partial charge in [0.1, 0.15) is 6.54 Å². The van der Waals surface area contributed by atoms with Gasteiger partial charge in [0.25, 0.3) is 5.56 Å². The summed E-state index contributed by atoms with van der Waals surface area (Å²) in [5.41, 5.74) is -0.212. The number of Topliss-reactive ketones (excluding diaryl/α,β-unsaturated/α-hetero) is 1. The van der Waals surface area contributed by atoms with E-state index in [-0.39, 0.29) is 33.4 Å². The largest absolute Gasteiger partial charge is 0.452 e. The van der Waals surface area contributed by atoms with Crippen molar-refractivity contribution in [3.05, 3.63) is 63.3 Å². The van der Waals surface area contributed by atoms with Crippen molar-refractivity contribution >= 4 is 22.5 Å². The molecule has 10 heteroatoms. The van der Waals surface area contributed by atoms with E-state index in [4.69, 9.17) is 4.74 Å². The van der Waals surface area contributed by atoms with Gasteiger partial charge in [-0.3, -0.25) is 9.59 Å². The lowest BCUT2D eigenvalue weighted by atomic mass is 10.1. The maximum absolute atomic E-state index is 12.7. The number of benzene rings is 1. The third kappa shape index (κ3) is 4.20. The van der Waals surface area contributed by atoms with Crippen LogP contribution in [0, 0.1) is 13.8 Å². The molecule has 0 bridgehead atoms. The lowest BCUT2D eigenvalue weighted by Crippen LogP contribution is -2.21. The number of esters is 1. The molecule has 0 fully saturated rings. The van der Waals surface area contributed by atoms with Gasteiger partial charge in [0.15, 0.2) is 12.3 Å². The number of carbonyl (C=O) groups excluding carboxylic acids is 2. The lowest BCUT2D eigenvalue weighted by Gasteiger charge is -2.12. The maximum atomic E-state index is 12.7. The number of halogens is 3. The summed E-state index contributed by atoms with van der Waals surface area (Å²) in [5, 5.41) is 6.36. The number of ether oxygens (including phenoxy) is 1. The third-order valence-corrected chi connectivity index (χ3v) is 4.44. The molecule has 1 N–H and O–H groups in total. The number of hydrogen-bond donors (Lipinski definition) is 1. The van der Waals surface area contributed by atoms with Crippen LogP contribution in [-0.4, -0.2) is 39.3 Å². The van der Waals surface area contributed by atoms with E-state index in [1.54, 1.807) is 12.1 Å². The van der Waals surface area contributed by atoms with Crippen LogP contribution in [0.3, 0.4) is 0 Å². The Hall–Kier alpha value is -3.43. The van der Waals surface area contributed by atoms with E-state index in [1.807, 2.05) is 0 Å². The van der Waals surface area contributed by atoms with Crippen molar-refractivity contribution in [3.8, 4) is 0 Å². The molecule has 0 amide bonds. The van der Waals surface area contributed by atoms with Crippen molar-refractivity contribution in [2.45, 2.75) is 26.6 Å². The van der Waals surface area contributed by atoms with Gasteiger partial charge in [-0.2, -0.15) is 18.3 Å². The van der Waals surface area contributed by atoms with Gasteiger partial charge in [0.2, 0.25) is 5.78 Å². The minimum atomic E-state index is -4.43. The first-order valence-electron chi connectivity index (χ1n) is 8.49. The van der Waals surface area contributed by atoms with Crippen LogP contribution < -0.4 is 5.56 Å². The average molecular weight is 407 g/mol. The van der Waals surface area contributed by atoms with Gasteiger partial charge in [-0.05, 0) is 26.0 Å². The fraction of sp³-hybridized carbons (Fsp3) is 0.263. The summed E-state index contributed by atoms with van der Waals surface area (Å²) in [6.45, 7) is 0.956. The molecule has 0 unspecified atom stereocenters. The Kier molecular flexibility index (Phi) is 5.27. The second-order valence-electron chi connectivity index (χ2n) is 6.43. The number of carbonyl (C=O) groups is 2. The number of alkyl halides is 3. The fourth-order valence-electron chi connectivity index (χ4n) is 3.05. The SMILES string of the molecule is Cc1cc(C(=O)COC(=O)c2n[nH]c(=O)c3ccccc23)c(C)n1CC(F)(F)F. The molecule has 0 saturated carbocycles. The standard InChI is InChI=1S/C19H16F3N3O4/c1-10-7-14(11(2)25(10)9-19(20,21)22)15(26)8-29-18(28)16-12-5-3-4-6-13(12)17(27)24-23-16/h3-7H,8-9H2,1-2H3,(H,24,27). The molecule has 0 aliphatic heterocycles. The van der Waals surface area contributed by atoms with Crippen molar-refractivity contribution in [2.75, 3.05) is 6.61 Å². The van der Waals surface area contributed by atoms with E-state index < -0.39 is 36.6 Å². The Bertz CT molecular complexity index is 1160. The van der Waals surface area contributed by atoms with Crippen molar-refractivity contribution in [3.63, 3.8) is 0 Å². The Labute approximate surface area is 162 Å². The van der Waals surface area contributed by atoms with Gasteiger partial charge in [0.05, 0.1) is 5.39 Å². The third-order valence-electron chi connectivity index (χ3n) is 4.44. The van der Waals surface area contributed by atoms with E-state index >= 15 is 0 Å². The minimum absolute atomic E-state index is 0.0406. The van der Waals surface area contributed by atoms with Gasteiger partial charge in [-0.1, -0.05) is 18.2 Å². The highest BCUT2D eigenvalue weighted by molar-refractivity contribution is 6.04. The number of nitrogens with one attached hydrogen (secondary N) is 1. The number of aromatic nitrogens is 3. The molecule has 2 heterocycles. The Morgan fingerprint density at radius 1 is 1.17 bits per heavy atom. The average Bonchev–Trinajstić information content (AvgIpc) is 2.93. The van der Waals surface area contributed by atoms with Crippen LogP contribution in [0.5, 0.6) is 0 Å². The zero-order valence-electron chi connectivity index (χ0n) is 15.5. The molecule has 0 aliphatic rings. The summed E-state index contributed by atoms with van der Waals surface area (Å²) in [5.74, 6) is -1.58. The molecule has 1 aromatic carbocycles. The molecule has 0 spiro atoms. The predicted molar refractivity (Wildman–Crippen MR) is 96.9 cm³/mol. The summed E-state index contributed by atoms with van der Waals surface area (Å²) in [6, 6.07) is 7.58. The smallest absolute Gasteiger partial charge is 0.406 e. The molecule has 29 heavy (non-hydrogen) atoms. The van der Waals surface area contributed by atoms with Crippen LogP contribution >= 0.6 is 0 Å². The number of rotatable bonds is 5. The van der Waals surface area contributed by atoms with Crippen LogP contribution in [0.2, 0.25) is 0 Å². The van der Waals surface area contributed by atoms with Crippen molar-refractivity contribution < 1.29 is 27.5 Å². The maximum Gasteiger partial charge on any atom is 0.406 e. The molecule has 0 radical (unpaired) electrons. The quantitative estimate of drug-likeness (QED) is 0.518. The molecule has 2 aromatic heterocycles. The highest BCUT2D eigenvalue weighted by Crippen LogP contribution is 2.23. The molecule has 0 aliphatic carbocycles. The van der Waals surface area contributed by atoms with Crippen molar-refractivity contribution in [2.24, 2.45) is 0 Å².